The molecule has 0 bridgehead atoms. The average Bonchev–Trinajstić information content (AvgIpc) is 2.72. The van der Waals surface area contributed by atoms with Gasteiger partial charge < -0.3 is 5.11 Å². The van der Waals surface area contributed by atoms with Gasteiger partial charge >= 0.3 is 0 Å². The van der Waals surface area contributed by atoms with Gasteiger partial charge in [0.25, 0.3) is 0 Å². The zero-order valence-corrected chi connectivity index (χ0v) is 12.4. The summed E-state index contributed by atoms with van der Waals surface area (Å²) in [5.41, 5.74) is -0.802. The summed E-state index contributed by atoms with van der Waals surface area (Å²) < 4.78 is 1.18. The summed E-state index contributed by atoms with van der Waals surface area (Å²) in [5.74, 6) is 0.268. The lowest BCUT2D eigenvalue weighted by Gasteiger charge is -2.30. The number of nitrogens with zero attached hydrogens (tertiary/aromatic N) is 1. The minimum absolute atomic E-state index is 0.268. The largest absolute Gasteiger partial charge is 0.384 e. The first-order chi connectivity index (χ1) is 7.81. The van der Waals surface area contributed by atoms with Crippen molar-refractivity contribution in [2.24, 2.45) is 0 Å². The summed E-state index contributed by atoms with van der Waals surface area (Å²) in [6, 6.07) is 0. The number of carbonyl (C=O) groups excluding carboxylic acids is 1. The third kappa shape index (κ3) is 2.67. The molecule has 1 aromatic heterocycles. The van der Waals surface area contributed by atoms with Gasteiger partial charge in [-0.1, -0.05) is 19.6 Å². The fraction of sp³-hybridized carbons (Fsp3) is 0.667. The number of carbonyl (C=O) groups is 1. The molecule has 5 heteroatoms. The van der Waals surface area contributed by atoms with Gasteiger partial charge in [0.15, 0.2) is 0 Å². The normalized spacial score (nSPS) is 20.6. The van der Waals surface area contributed by atoms with Crippen molar-refractivity contribution in [2.45, 2.75) is 50.9 Å². The lowest BCUT2D eigenvalue weighted by molar-refractivity contribution is -0.125. The van der Waals surface area contributed by atoms with Gasteiger partial charge in [-0.05, 0) is 12.8 Å². The molecule has 1 aliphatic rings. The van der Waals surface area contributed by atoms with E-state index in [0.717, 1.165) is 4.88 Å². The van der Waals surface area contributed by atoms with Crippen molar-refractivity contribution in [3.63, 3.8) is 0 Å². The predicted octanol–water partition coefficient (Wildman–Crippen LogP) is 2.02. The highest BCUT2D eigenvalue weighted by Crippen LogP contribution is 2.37. The van der Waals surface area contributed by atoms with Gasteiger partial charge in [0.2, 0.25) is 0 Å². The van der Waals surface area contributed by atoms with Crippen LogP contribution in [0.5, 0.6) is 0 Å². The van der Waals surface area contributed by atoms with Crippen LogP contribution in [-0.2, 0) is 10.4 Å². The molecule has 0 saturated heterocycles. The van der Waals surface area contributed by atoms with Crippen molar-refractivity contribution < 1.29 is 9.90 Å². The molecule has 2 rings (SSSR count). The first-order valence-electron chi connectivity index (χ1n) is 6.02. The Morgan fingerprint density at radius 3 is 2.41 bits per heavy atom. The molecule has 17 heavy (non-hydrogen) atoms. The van der Waals surface area contributed by atoms with E-state index in [0.29, 0.717) is 25.7 Å². The van der Waals surface area contributed by atoms with Crippen LogP contribution in [0, 0.1) is 0 Å². The molecular weight excluding hydrogens is 250 g/mol. The molecule has 0 radical (unpaired) electrons. The fourth-order valence-corrected chi connectivity index (χ4v) is 4.84. The number of Topliss-reactive ketones (excluding diaryl/α,β-unsaturated/α-hetero) is 1. The third-order valence-corrected chi connectivity index (χ3v) is 7.80. The van der Waals surface area contributed by atoms with Crippen LogP contribution in [0.2, 0.25) is 19.6 Å². The molecule has 0 spiro atoms. The SMILES string of the molecule is C[Si](C)(C)c1ncc(C2(O)CCC(=O)CC2)s1. The minimum Gasteiger partial charge on any atom is -0.384 e. The van der Waals surface area contributed by atoms with Crippen molar-refractivity contribution in [1.29, 1.82) is 0 Å². The van der Waals surface area contributed by atoms with Gasteiger partial charge in [0.1, 0.15) is 19.5 Å². The predicted molar refractivity (Wildman–Crippen MR) is 72.5 cm³/mol. The molecular formula is C12H19NO2SSi. The number of aliphatic hydroxyl groups is 1. The maximum atomic E-state index is 11.2. The summed E-state index contributed by atoms with van der Waals surface area (Å²) in [6.45, 7) is 6.76. The highest BCUT2D eigenvalue weighted by Gasteiger charge is 2.36. The summed E-state index contributed by atoms with van der Waals surface area (Å²) in [4.78, 5) is 16.6. The van der Waals surface area contributed by atoms with Gasteiger partial charge in [-0.15, -0.1) is 11.3 Å². The van der Waals surface area contributed by atoms with Crippen LogP contribution in [0.15, 0.2) is 6.20 Å². The van der Waals surface area contributed by atoms with Crippen LogP contribution in [0.1, 0.15) is 30.6 Å². The Kier molecular flexibility index (Phi) is 3.27. The van der Waals surface area contributed by atoms with Crippen LogP contribution >= 0.6 is 11.3 Å². The molecule has 1 heterocycles. The number of aromatic nitrogens is 1. The zero-order valence-electron chi connectivity index (χ0n) is 10.6. The van der Waals surface area contributed by atoms with Gasteiger partial charge in [-0.25, -0.2) is 0 Å². The first-order valence-corrected chi connectivity index (χ1v) is 10.3. The van der Waals surface area contributed by atoms with E-state index in [1.165, 1.54) is 4.63 Å². The highest BCUT2D eigenvalue weighted by atomic mass is 32.1. The maximum absolute atomic E-state index is 11.2. The topological polar surface area (TPSA) is 50.2 Å². The van der Waals surface area contributed by atoms with E-state index in [4.69, 9.17) is 0 Å². The molecule has 1 aliphatic carbocycles. The average molecular weight is 269 g/mol. The second-order valence-electron chi connectivity index (χ2n) is 5.85. The van der Waals surface area contributed by atoms with Crippen LogP contribution in [0.4, 0.5) is 0 Å². The smallest absolute Gasteiger partial charge is 0.133 e. The molecule has 1 N–H and O–H groups in total. The Bertz CT molecular complexity index is 426. The number of hydrogen-bond acceptors (Lipinski definition) is 4. The summed E-state index contributed by atoms with van der Waals surface area (Å²) >= 11 is 1.64. The summed E-state index contributed by atoms with van der Waals surface area (Å²) in [6.07, 6.45) is 3.92. The van der Waals surface area contributed by atoms with Crippen LogP contribution in [-0.4, -0.2) is 23.9 Å². The van der Waals surface area contributed by atoms with E-state index in [-0.39, 0.29) is 5.78 Å². The molecule has 1 saturated carbocycles. The Balaban J connectivity index is 2.22. The van der Waals surface area contributed by atoms with Crippen LogP contribution < -0.4 is 4.63 Å². The molecule has 94 valence electrons. The van der Waals surface area contributed by atoms with Gasteiger partial charge in [0.05, 0.1) is 9.51 Å². The van der Waals surface area contributed by atoms with E-state index >= 15 is 0 Å². The quantitative estimate of drug-likeness (QED) is 0.836. The maximum Gasteiger partial charge on any atom is 0.133 e. The monoisotopic (exact) mass is 269 g/mol. The Morgan fingerprint density at radius 1 is 1.35 bits per heavy atom. The van der Waals surface area contributed by atoms with E-state index in [9.17, 15) is 9.90 Å². The third-order valence-electron chi connectivity index (χ3n) is 3.24. The van der Waals surface area contributed by atoms with Crippen molar-refractivity contribution in [2.75, 3.05) is 0 Å². The number of rotatable bonds is 2. The number of hydrogen-bond donors (Lipinski definition) is 1. The van der Waals surface area contributed by atoms with Crippen LogP contribution in [0.3, 0.4) is 0 Å². The zero-order chi connectivity index (χ0) is 12.7. The first kappa shape index (κ1) is 12.9. The van der Waals surface area contributed by atoms with E-state index in [2.05, 4.69) is 24.6 Å². The van der Waals surface area contributed by atoms with Gasteiger partial charge in [-0.2, -0.15) is 0 Å². The second-order valence-corrected chi connectivity index (χ2v) is 12.2. The van der Waals surface area contributed by atoms with Gasteiger partial charge in [-0.3, -0.25) is 9.78 Å². The molecule has 0 atom stereocenters. The van der Waals surface area contributed by atoms with Crippen molar-refractivity contribution in [3.05, 3.63) is 11.1 Å². The Labute approximate surface area is 107 Å². The lowest BCUT2D eigenvalue weighted by atomic mass is 9.83. The Morgan fingerprint density at radius 2 is 1.94 bits per heavy atom. The van der Waals surface area contributed by atoms with Crippen molar-refractivity contribution >= 4 is 29.8 Å². The van der Waals surface area contributed by atoms with Crippen molar-refractivity contribution in [1.82, 2.24) is 4.98 Å². The van der Waals surface area contributed by atoms with Crippen LogP contribution in [0.25, 0.3) is 0 Å². The second kappa shape index (κ2) is 4.30. The molecule has 3 nitrogen and oxygen atoms in total. The van der Waals surface area contributed by atoms with E-state index in [1.54, 1.807) is 11.3 Å². The van der Waals surface area contributed by atoms with Gasteiger partial charge in [0, 0.05) is 19.0 Å². The molecule has 0 aromatic carbocycles. The molecule has 1 fully saturated rings. The standard InChI is InChI=1S/C12H19NO2SSi/c1-17(2,3)11-13-8-10(16-11)12(15)6-4-9(14)5-7-12/h8,15H,4-7H2,1-3H3. The lowest BCUT2D eigenvalue weighted by Crippen LogP contribution is -2.37. The van der Waals surface area contributed by atoms with E-state index < -0.39 is 13.7 Å². The molecule has 0 aliphatic heterocycles. The molecule has 0 unspecified atom stereocenters. The number of ketones is 1. The Hall–Kier alpha value is -0.523. The summed E-state index contributed by atoms with van der Waals surface area (Å²) in [5, 5.41) is 10.6. The number of thiazole rings is 1. The van der Waals surface area contributed by atoms with Crippen molar-refractivity contribution in [3.8, 4) is 0 Å². The minimum atomic E-state index is -1.39. The molecule has 1 aromatic rings. The van der Waals surface area contributed by atoms with E-state index in [1.807, 2.05) is 6.20 Å². The molecule has 0 amide bonds. The summed E-state index contributed by atoms with van der Waals surface area (Å²) in [7, 11) is -1.39. The highest BCUT2D eigenvalue weighted by molar-refractivity contribution is 7.25. The fourth-order valence-electron chi connectivity index (χ4n) is 2.02.